The molecule has 0 bridgehead atoms. The highest BCUT2D eigenvalue weighted by molar-refractivity contribution is 7.13. The molecule has 1 amide bonds. The van der Waals surface area contributed by atoms with Gasteiger partial charge < -0.3 is 10.1 Å². The minimum atomic E-state index is -0.728. The van der Waals surface area contributed by atoms with E-state index in [2.05, 4.69) is 10.3 Å². The van der Waals surface area contributed by atoms with Crippen molar-refractivity contribution in [2.45, 2.75) is 20.0 Å². The molecule has 28 heavy (non-hydrogen) atoms. The van der Waals surface area contributed by atoms with Crippen molar-refractivity contribution >= 4 is 17.2 Å². The summed E-state index contributed by atoms with van der Waals surface area (Å²) in [5, 5.41) is 4.62. The summed E-state index contributed by atoms with van der Waals surface area (Å²) in [6, 6.07) is 7.56. The molecule has 0 saturated heterocycles. The molecule has 1 aromatic heterocycles. The molecule has 0 unspecified atom stereocenters. The van der Waals surface area contributed by atoms with Gasteiger partial charge in [-0.25, -0.2) is 18.2 Å². The molecule has 4 nitrogen and oxygen atoms in total. The fraction of sp³-hybridized carbons (Fsp3) is 0.200. The van der Waals surface area contributed by atoms with Crippen LogP contribution in [-0.2, 0) is 6.61 Å². The number of amides is 1. The van der Waals surface area contributed by atoms with E-state index in [0.717, 1.165) is 36.0 Å². The summed E-state index contributed by atoms with van der Waals surface area (Å²) in [7, 11) is 0. The average Bonchev–Trinajstić information content (AvgIpc) is 3.16. The van der Waals surface area contributed by atoms with Gasteiger partial charge in [-0.05, 0) is 30.7 Å². The molecular weight excluding hydrogens is 389 g/mol. The second-order valence-corrected chi connectivity index (χ2v) is 6.78. The third kappa shape index (κ3) is 4.51. The lowest BCUT2D eigenvalue weighted by atomic mass is 10.2. The summed E-state index contributed by atoms with van der Waals surface area (Å²) in [5.74, 6) is -2.25. The van der Waals surface area contributed by atoms with E-state index in [1.165, 1.54) is 18.2 Å². The summed E-state index contributed by atoms with van der Waals surface area (Å²) in [6.07, 6.45) is 0.801. The number of halogens is 3. The normalized spacial score (nSPS) is 10.7. The van der Waals surface area contributed by atoms with Gasteiger partial charge >= 0.3 is 0 Å². The number of nitrogens with one attached hydrogen (secondary N) is 1. The Labute approximate surface area is 164 Å². The molecule has 3 rings (SSSR count). The average molecular weight is 406 g/mol. The van der Waals surface area contributed by atoms with Crippen LogP contribution in [0.5, 0.6) is 5.75 Å². The Balaban J connectivity index is 1.72. The Morgan fingerprint density at radius 3 is 2.57 bits per heavy atom. The number of nitrogens with zero attached hydrogens (tertiary/aromatic N) is 1. The number of aromatic nitrogens is 1. The fourth-order valence-electron chi connectivity index (χ4n) is 2.42. The van der Waals surface area contributed by atoms with Crippen LogP contribution in [0.25, 0.3) is 10.6 Å². The first-order chi connectivity index (χ1) is 13.5. The molecule has 3 aromatic rings. The van der Waals surface area contributed by atoms with Crippen molar-refractivity contribution in [2.24, 2.45) is 0 Å². The molecular formula is C20H17F3N2O2S. The van der Waals surface area contributed by atoms with Crippen molar-refractivity contribution in [2.75, 3.05) is 6.54 Å². The summed E-state index contributed by atoms with van der Waals surface area (Å²) in [6.45, 7) is 2.11. The van der Waals surface area contributed by atoms with Crippen LogP contribution in [0, 0.1) is 17.5 Å². The molecule has 0 spiro atoms. The first-order valence-corrected chi connectivity index (χ1v) is 9.47. The molecule has 0 radical (unpaired) electrons. The third-order valence-electron chi connectivity index (χ3n) is 3.89. The van der Waals surface area contributed by atoms with Gasteiger partial charge in [0.1, 0.15) is 40.5 Å². The number of hydrogen-bond acceptors (Lipinski definition) is 4. The third-order valence-corrected chi connectivity index (χ3v) is 4.76. The number of carbonyl (C=O) groups excluding carboxylic acids is 1. The largest absolute Gasteiger partial charge is 0.489 e. The predicted molar refractivity (Wildman–Crippen MR) is 101 cm³/mol. The predicted octanol–water partition coefficient (Wildman–Crippen LogP) is 4.95. The lowest BCUT2D eigenvalue weighted by Crippen LogP contribution is -2.24. The van der Waals surface area contributed by atoms with Gasteiger partial charge in [0.05, 0.1) is 5.56 Å². The van der Waals surface area contributed by atoms with E-state index in [1.807, 2.05) is 6.92 Å². The fourth-order valence-corrected chi connectivity index (χ4v) is 3.24. The van der Waals surface area contributed by atoms with Crippen molar-refractivity contribution in [3.05, 3.63) is 70.5 Å². The van der Waals surface area contributed by atoms with Crippen molar-refractivity contribution < 1.29 is 22.7 Å². The Kier molecular flexibility index (Phi) is 6.30. The van der Waals surface area contributed by atoms with E-state index in [4.69, 9.17) is 4.74 Å². The van der Waals surface area contributed by atoms with Crippen LogP contribution in [-0.4, -0.2) is 17.4 Å². The lowest BCUT2D eigenvalue weighted by molar-refractivity contribution is 0.0949. The molecule has 8 heteroatoms. The van der Waals surface area contributed by atoms with Gasteiger partial charge in [-0.1, -0.05) is 13.0 Å². The SMILES string of the molecule is CCCNC(=O)c1csc(-c2ccc(OCc3c(F)cccc3F)cc2F)n1. The highest BCUT2D eigenvalue weighted by Gasteiger charge is 2.15. The highest BCUT2D eigenvalue weighted by Crippen LogP contribution is 2.29. The quantitative estimate of drug-likeness (QED) is 0.604. The van der Waals surface area contributed by atoms with Crippen LogP contribution in [0.15, 0.2) is 41.8 Å². The van der Waals surface area contributed by atoms with Crippen LogP contribution in [0.3, 0.4) is 0 Å². The van der Waals surface area contributed by atoms with E-state index in [-0.39, 0.29) is 35.1 Å². The maximum Gasteiger partial charge on any atom is 0.270 e. The van der Waals surface area contributed by atoms with Crippen LogP contribution in [0.2, 0.25) is 0 Å². The molecule has 0 atom stereocenters. The summed E-state index contributed by atoms with van der Waals surface area (Å²) < 4.78 is 47.0. The standard InChI is InChI=1S/C20H17F3N2O2S/c1-2-8-24-19(26)18-11-28-20(25-18)13-7-6-12(9-17(13)23)27-10-14-15(21)4-3-5-16(14)22/h3-7,9,11H,2,8,10H2,1H3,(H,24,26). The second kappa shape index (κ2) is 8.88. The molecule has 1 heterocycles. The van der Waals surface area contributed by atoms with Gasteiger partial charge in [0.2, 0.25) is 0 Å². The smallest absolute Gasteiger partial charge is 0.270 e. The molecule has 0 fully saturated rings. The number of ether oxygens (including phenoxy) is 1. The van der Waals surface area contributed by atoms with Gasteiger partial charge in [-0.15, -0.1) is 11.3 Å². The minimum absolute atomic E-state index is 0.126. The molecule has 2 aromatic carbocycles. The Morgan fingerprint density at radius 2 is 1.89 bits per heavy atom. The molecule has 0 saturated carbocycles. The summed E-state index contributed by atoms with van der Waals surface area (Å²) >= 11 is 1.15. The molecule has 0 aliphatic rings. The Hall–Kier alpha value is -2.87. The van der Waals surface area contributed by atoms with E-state index in [0.29, 0.717) is 11.6 Å². The molecule has 0 aliphatic carbocycles. The molecule has 0 aliphatic heterocycles. The van der Waals surface area contributed by atoms with Crippen LogP contribution < -0.4 is 10.1 Å². The Morgan fingerprint density at radius 1 is 1.14 bits per heavy atom. The van der Waals surface area contributed by atoms with Crippen molar-refractivity contribution in [3.63, 3.8) is 0 Å². The Bertz CT molecular complexity index is 971. The first-order valence-electron chi connectivity index (χ1n) is 8.59. The van der Waals surface area contributed by atoms with Gasteiger partial charge in [0.15, 0.2) is 0 Å². The van der Waals surface area contributed by atoms with Crippen molar-refractivity contribution in [1.29, 1.82) is 0 Å². The number of hydrogen-bond donors (Lipinski definition) is 1. The van der Waals surface area contributed by atoms with Crippen LogP contribution in [0.1, 0.15) is 29.4 Å². The molecule has 1 N–H and O–H groups in total. The van der Waals surface area contributed by atoms with Gasteiger partial charge in [-0.2, -0.15) is 0 Å². The number of rotatable bonds is 7. The van der Waals surface area contributed by atoms with Gasteiger partial charge in [0.25, 0.3) is 5.91 Å². The van der Waals surface area contributed by atoms with Gasteiger partial charge in [-0.3, -0.25) is 4.79 Å². The monoisotopic (exact) mass is 406 g/mol. The van der Waals surface area contributed by atoms with E-state index in [9.17, 15) is 18.0 Å². The number of thiazole rings is 1. The lowest BCUT2D eigenvalue weighted by Gasteiger charge is -2.09. The van der Waals surface area contributed by atoms with E-state index in [1.54, 1.807) is 5.38 Å². The topological polar surface area (TPSA) is 51.2 Å². The van der Waals surface area contributed by atoms with E-state index < -0.39 is 17.5 Å². The zero-order chi connectivity index (χ0) is 20.1. The maximum atomic E-state index is 14.5. The minimum Gasteiger partial charge on any atom is -0.489 e. The zero-order valence-electron chi connectivity index (χ0n) is 15.0. The highest BCUT2D eigenvalue weighted by atomic mass is 32.1. The summed E-state index contributed by atoms with van der Waals surface area (Å²) in [5.41, 5.74) is 0.210. The second-order valence-electron chi connectivity index (χ2n) is 5.92. The number of benzene rings is 2. The first kappa shape index (κ1) is 19.9. The van der Waals surface area contributed by atoms with Crippen molar-refractivity contribution in [3.8, 4) is 16.3 Å². The zero-order valence-corrected chi connectivity index (χ0v) is 15.8. The van der Waals surface area contributed by atoms with Crippen LogP contribution >= 0.6 is 11.3 Å². The van der Waals surface area contributed by atoms with Crippen LogP contribution in [0.4, 0.5) is 13.2 Å². The maximum absolute atomic E-state index is 14.5. The van der Waals surface area contributed by atoms with Crippen molar-refractivity contribution in [1.82, 2.24) is 10.3 Å². The van der Waals surface area contributed by atoms with Gasteiger partial charge in [0, 0.05) is 23.6 Å². The summed E-state index contributed by atoms with van der Waals surface area (Å²) in [4.78, 5) is 16.1. The van der Waals surface area contributed by atoms with E-state index >= 15 is 0 Å². The molecule has 146 valence electrons. The number of carbonyl (C=O) groups is 1.